The number of hydrogen-bond donors (Lipinski definition) is 1. The maximum Gasteiger partial charge on any atom is 0.254 e. The summed E-state index contributed by atoms with van der Waals surface area (Å²) < 4.78 is 1.78. The van der Waals surface area contributed by atoms with Gasteiger partial charge in [-0.3, -0.25) is 9.59 Å². The van der Waals surface area contributed by atoms with Gasteiger partial charge in [-0.15, -0.1) is 0 Å². The number of nitrogens with one attached hydrogen (secondary N) is 1. The molecule has 0 spiro atoms. The summed E-state index contributed by atoms with van der Waals surface area (Å²) in [6.45, 7) is 2.63. The van der Waals surface area contributed by atoms with E-state index in [9.17, 15) is 9.59 Å². The average molecular weight is 338 g/mol. The molecule has 1 aromatic carbocycles. The van der Waals surface area contributed by atoms with Crippen molar-refractivity contribution in [2.75, 3.05) is 6.54 Å². The lowest BCUT2D eigenvalue weighted by atomic mass is 10.1. The third-order valence-electron chi connectivity index (χ3n) is 4.83. The Morgan fingerprint density at radius 2 is 1.92 bits per heavy atom. The smallest absolute Gasteiger partial charge is 0.254 e. The number of aryl methyl sites for hydroxylation is 1. The van der Waals surface area contributed by atoms with Gasteiger partial charge >= 0.3 is 0 Å². The van der Waals surface area contributed by atoms with Crippen LogP contribution in [-0.4, -0.2) is 45.1 Å². The summed E-state index contributed by atoms with van der Waals surface area (Å²) in [5.74, 6) is -0.0753. The molecule has 0 radical (unpaired) electrons. The number of rotatable bonds is 4. The van der Waals surface area contributed by atoms with Gasteiger partial charge in [-0.05, 0) is 62.4 Å². The number of hydrogen-bond acceptors (Lipinski definition) is 3. The Labute approximate surface area is 146 Å². The minimum absolute atomic E-state index is 0.00279. The van der Waals surface area contributed by atoms with Crippen LogP contribution >= 0.6 is 0 Å². The second kappa shape index (κ2) is 6.35. The number of nitrogens with zero attached hydrogens (tertiary/aromatic N) is 3. The van der Waals surface area contributed by atoms with Crippen molar-refractivity contribution in [1.82, 2.24) is 20.0 Å². The lowest BCUT2D eigenvalue weighted by Crippen LogP contribution is -2.46. The Bertz CT molecular complexity index is 792. The normalized spacial score (nSPS) is 19.9. The van der Waals surface area contributed by atoms with Crippen molar-refractivity contribution in [1.29, 1.82) is 0 Å². The number of amides is 2. The van der Waals surface area contributed by atoms with Gasteiger partial charge < -0.3 is 10.2 Å². The fraction of sp³-hybridized carbons (Fsp3) is 0.421. The minimum Gasteiger partial charge on any atom is -0.352 e. The van der Waals surface area contributed by atoms with Crippen molar-refractivity contribution in [3.63, 3.8) is 0 Å². The molecule has 0 bridgehead atoms. The van der Waals surface area contributed by atoms with Crippen LogP contribution in [-0.2, 0) is 4.79 Å². The molecule has 6 nitrogen and oxygen atoms in total. The van der Waals surface area contributed by atoms with E-state index in [2.05, 4.69) is 10.4 Å². The minimum atomic E-state index is -0.332. The van der Waals surface area contributed by atoms with E-state index >= 15 is 0 Å². The zero-order valence-corrected chi connectivity index (χ0v) is 14.3. The van der Waals surface area contributed by atoms with E-state index in [1.54, 1.807) is 15.8 Å². The fourth-order valence-electron chi connectivity index (χ4n) is 3.28. The van der Waals surface area contributed by atoms with Crippen LogP contribution in [0.4, 0.5) is 0 Å². The van der Waals surface area contributed by atoms with Crippen LogP contribution in [0.15, 0.2) is 36.7 Å². The summed E-state index contributed by atoms with van der Waals surface area (Å²) in [4.78, 5) is 26.9. The Morgan fingerprint density at radius 3 is 2.56 bits per heavy atom. The summed E-state index contributed by atoms with van der Waals surface area (Å²) in [5.41, 5.74) is 2.61. The maximum atomic E-state index is 12.8. The molecule has 25 heavy (non-hydrogen) atoms. The van der Waals surface area contributed by atoms with Gasteiger partial charge in [-0.2, -0.15) is 5.10 Å². The Hall–Kier alpha value is -2.63. The lowest BCUT2D eigenvalue weighted by molar-refractivity contribution is -0.125. The molecule has 1 aliphatic heterocycles. The van der Waals surface area contributed by atoms with E-state index in [1.807, 2.05) is 37.4 Å². The number of carbonyl (C=O) groups excluding carboxylic acids is 2. The number of carbonyl (C=O) groups is 2. The Morgan fingerprint density at radius 1 is 1.16 bits per heavy atom. The van der Waals surface area contributed by atoms with E-state index in [-0.39, 0.29) is 17.9 Å². The van der Waals surface area contributed by atoms with E-state index in [1.165, 1.54) is 0 Å². The molecular weight excluding hydrogens is 316 g/mol. The van der Waals surface area contributed by atoms with Gasteiger partial charge in [0, 0.05) is 24.3 Å². The van der Waals surface area contributed by atoms with Crippen LogP contribution in [0, 0.1) is 6.92 Å². The summed E-state index contributed by atoms with van der Waals surface area (Å²) >= 11 is 0. The number of likely N-dealkylation sites (tertiary alicyclic amines) is 1. The van der Waals surface area contributed by atoms with Crippen molar-refractivity contribution in [3.05, 3.63) is 47.8 Å². The summed E-state index contributed by atoms with van der Waals surface area (Å²) in [5, 5.41) is 7.30. The maximum absolute atomic E-state index is 12.8. The van der Waals surface area contributed by atoms with Crippen molar-refractivity contribution in [2.45, 2.75) is 44.7 Å². The van der Waals surface area contributed by atoms with Crippen LogP contribution in [0.1, 0.15) is 41.6 Å². The van der Waals surface area contributed by atoms with Gasteiger partial charge in [0.25, 0.3) is 5.91 Å². The van der Waals surface area contributed by atoms with Gasteiger partial charge in [0.2, 0.25) is 5.91 Å². The molecule has 2 heterocycles. The zero-order chi connectivity index (χ0) is 17.4. The number of benzene rings is 1. The molecule has 1 saturated heterocycles. The first-order valence-electron chi connectivity index (χ1n) is 8.85. The molecule has 2 amide bonds. The van der Waals surface area contributed by atoms with Crippen molar-refractivity contribution in [2.24, 2.45) is 0 Å². The van der Waals surface area contributed by atoms with Gasteiger partial charge in [0.05, 0.1) is 11.9 Å². The Balaban J connectivity index is 1.48. The van der Waals surface area contributed by atoms with Gasteiger partial charge in [-0.25, -0.2) is 4.68 Å². The molecule has 1 aliphatic carbocycles. The van der Waals surface area contributed by atoms with Gasteiger partial charge in [0.1, 0.15) is 6.04 Å². The Kier molecular flexibility index (Phi) is 4.03. The fourth-order valence-corrected chi connectivity index (χ4v) is 3.28. The second-order valence-electron chi connectivity index (χ2n) is 6.95. The van der Waals surface area contributed by atoms with Crippen molar-refractivity contribution in [3.8, 4) is 5.69 Å². The molecule has 6 heteroatoms. The second-order valence-corrected chi connectivity index (χ2v) is 6.95. The number of aromatic nitrogens is 2. The highest BCUT2D eigenvalue weighted by Crippen LogP contribution is 2.24. The molecule has 2 aliphatic rings. The van der Waals surface area contributed by atoms with Crippen LogP contribution in [0.5, 0.6) is 0 Å². The third-order valence-corrected chi connectivity index (χ3v) is 4.83. The first kappa shape index (κ1) is 15.9. The molecule has 1 atom stereocenters. The summed E-state index contributed by atoms with van der Waals surface area (Å²) in [6.07, 6.45) is 7.47. The first-order valence-corrected chi connectivity index (χ1v) is 8.85. The molecule has 1 saturated carbocycles. The summed E-state index contributed by atoms with van der Waals surface area (Å²) in [7, 11) is 0. The van der Waals surface area contributed by atoms with E-state index < -0.39 is 0 Å². The highest BCUT2D eigenvalue weighted by Gasteiger charge is 2.36. The first-order chi connectivity index (χ1) is 12.1. The predicted molar refractivity (Wildman–Crippen MR) is 93.5 cm³/mol. The monoisotopic (exact) mass is 338 g/mol. The molecule has 2 fully saturated rings. The van der Waals surface area contributed by atoms with Crippen molar-refractivity contribution >= 4 is 11.8 Å². The van der Waals surface area contributed by atoms with E-state index in [0.717, 1.165) is 36.9 Å². The molecule has 1 aromatic heterocycles. The molecule has 1 N–H and O–H groups in total. The predicted octanol–water partition coefficient (Wildman–Crippen LogP) is 2.06. The van der Waals surface area contributed by atoms with E-state index in [4.69, 9.17) is 0 Å². The highest BCUT2D eigenvalue weighted by atomic mass is 16.2. The molecule has 4 rings (SSSR count). The SMILES string of the molecule is Cc1cnn(-c2ccc(C(=O)N3CCCC3C(=O)NC3CC3)cc2)c1. The van der Waals surface area contributed by atoms with Gasteiger partial charge in [0.15, 0.2) is 0 Å². The molecule has 1 unspecified atom stereocenters. The standard InChI is InChI=1S/C19H22N4O2/c1-13-11-20-23(12-13)16-8-4-14(5-9-16)19(25)22-10-2-3-17(22)18(24)21-15-6-7-15/h4-5,8-9,11-12,15,17H,2-3,6-7,10H2,1H3,(H,21,24). The van der Waals surface area contributed by atoms with Crippen LogP contribution < -0.4 is 5.32 Å². The van der Waals surface area contributed by atoms with Gasteiger partial charge in [-0.1, -0.05) is 0 Å². The molecule has 130 valence electrons. The highest BCUT2D eigenvalue weighted by molar-refractivity contribution is 5.98. The van der Waals surface area contributed by atoms with Crippen LogP contribution in [0.25, 0.3) is 5.69 Å². The van der Waals surface area contributed by atoms with Crippen LogP contribution in [0.3, 0.4) is 0 Å². The zero-order valence-electron chi connectivity index (χ0n) is 14.3. The topological polar surface area (TPSA) is 67.2 Å². The lowest BCUT2D eigenvalue weighted by Gasteiger charge is -2.24. The van der Waals surface area contributed by atoms with Crippen LogP contribution in [0.2, 0.25) is 0 Å². The van der Waals surface area contributed by atoms with E-state index in [0.29, 0.717) is 18.2 Å². The molecular formula is C19H22N4O2. The third kappa shape index (κ3) is 3.29. The summed E-state index contributed by atoms with van der Waals surface area (Å²) in [6, 6.07) is 7.37. The largest absolute Gasteiger partial charge is 0.352 e. The average Bonchev–Trinajstić information content (AvgIpc) is 3.12. The molecule has 2 aromatic rings. The quantitative estimate of drug-likeness (QED) is 0.928. The van der Waals surface area contributed by atoms with Crippen molar-refractivity contribution < 1.29 is 9.59 Å².